The van der Waals surface area contributed by atoms with Crippen LogP contribution in [0, 0.1) is 0 Å². The summed E-state index contributed by atoms with van der Waals surface area (Å²) in [6, 6.07) is 8.37. The molecule has 112 valence electrons. The highest BCUT2D eigenvalue weighted by molar-refractivity contribution is 9.10. The molecule has 1 aromatic heterocycles. The molecule has 0 amide bonds. The maximum absolute atomic E-state index is 4.74. The van der Waals surface area contributed by atoms with E-state index in [0.717, 1.165) is 33.9 Å². The first-order valence-electron chi connectivity index (χ1n) is 7.02. The number of hydrogen-bond acceptors (Lipinski definition) is 4. The van der Waals surface area contributed by atoms with Gasteiger partial charge in [-0.3, -0.25) is 0 Å². The van der Waals surface area contributed by atoms with Gasteiger partial charge in [0.15, 0.2) is 5.82 Å². The molecular weight excluding hydrogens is 346 g/mol. The summed E-state index contributed by atoms with van der Waals surface area (Å²) in [6.07, 6.45) is 2.07. The molecule has 1 heterocycles. The molecule has 0 spiro atoms. The van der Waals surface area contributed by atoms with E-state index in [1.54, 1.807) is 11.8 Å². The van der Waals surface area contributed by atoms with E-state index in [9.17, 15) is 0 Å². The van der Waals surface area contributed by atoms with Crippen LogP contribution in [0.4, 0.5) is 5.82 Å². The van der Waals surface area contributed by atoms with Crippen LogP contribution in [0.15, 0.2) is 33.6 Å². The Morgan fingerprint density at radius 3 is 2.38 bits per heavy atom. The van der Waals surface area contributed by atoms with Gasteiger partial charge in [0.1, 0.15) is 5.82 Å². The van der Waals surface area contributed by atoms with Crippen LogP contribution in [-0.4, -0.2) is 22.8 Å². The summed E-state index contributed by atoms with van der Waals surface area (Å²) in [7, 11) is 0. The molecule has 5 heteroatoms. The summed E-state index contributed by atoms with van der Waals surface area (Å²) in [4.78, 5) is 10.6. The number of nitrogens with zero attached hydrogens (tertiary/aromatic N) is 2. The average Bonchev–Trinajstić information content (AvgIpc) is 2.49. The maximum Gasteiger partial charge on any atom is 0.161 e. The third-order valence-corrected chi connectivity index (χ3v) is 4.64. The molecule has 0 saturated heterocycles. The van der Waals surface area contributed by atoms with Crippen LogP contribution < -0.4 is 5.32 Å². The Labute approximate surface area is 139 Å². The van der Waals surface area contributed by atoms with Crippen LogP contribution in [0.3, 0.4) is 0 Å². The molecule has 0 saturated carbocycles. The summed E-state index contributed by atoms with van der Waals surface area (Å²) in [5.74, 6) is 1.97. The Bertz CT molecular complexity index is 612. The number of anilines is 1. The van der Waals surface area contributed by atoms with Crippen LogP contribution in [0.5, 0.6) is 0 Å². The number of hydrogen-bond donors (Lipinski definition) is 1. The van der Waals surface area contributed by atoms with E-state index >= 15 is 0 Å². The predicted octanol–water partition coefficient (Wildman–Crippen LogP) is 5.18. The van der Waals surface area contributed by atoms with Gasteiger partial charge >= 0.3 is 0 Å². The molecule has 0 radical (unpaired) electrons. The number of rotatable bonds is 5. The van der Waals surface area contributed by atoms with Crippen molar-refractivity contribution in [3.63, 3.8) is 0 Å². The molecule has 2 aromatic rings. The van der Waals surface area contributed by atoms with Crippen molar-refractivity contribution in [2.24, 2.45) is 0 Å². The molecule has 0 aliphatic rings. The standard InChI is InChI=1S/C16H20BrN3S/c1-5-18-16-13(17)14(10(2)3)19-15(20-16)11-6-8-12(21-4)9-7-11/h6-10H,5H2,1-4H3,(H,18,19,20). The summed E-state index contributed by atoms with van der Waals surface area (Å²) >= 11 is 5.36. The molecule has 0 fully saturated rings. The first kappa shape index (κ1) is 16.3. The first-order valence-corrected chi connectivity index (χ1v) is 9.04. The minimum atomic E-state index is 0.337. The third kappa shape index (κ3) is 3.77. The molecule has 0 aliphatic heterocycles. The fraction of sp³-hybridized carbons (Fsp3) is 0.375. The molecule has 0 bridgehead atoms. The van der Waals surface area contributed by atoms with Gasteiger partial charge in [-0.2, -0.15) is 0 Å². The average molecular weight is 366 g/mol. The fourth-order valence-electron chi connectivity index (χ4n) is 2.00. The smallest absolute Gasteiger partial charge is 0.161 e. The van der Waals surface area contributed by atoms with Crippen molar-refractivity contribution >= 4 is 33.5 Å². The lowest BCUT2D eigenvalue weighted by atomic mass is 10.1. The second-order valence-corrected chi connectivity index (χ2v) is 6.68. The van der Waals surface area contributed by atoms with Crippen molar-refractivity contribution < 1.29 is 0 Å². The molecule has 1 N–H and O–H groups in total. The van der Waals surface area contributed by atoms with Crippen LogP contribution in [0.2, 0.25) is 0 Å². The molecule has 3 nitrogen and oxygen atoms in total. The Morgan fingerprint density at radius 2 is 1.86 bits per heavy atom. The molecule has 0 unspecified atom stereocenters. The van der Waals surface area contributed by atoms with Gasteiger partial charge in [0, 0.05) is 17.0 Å². The highest BCUT2D eigenvalue weighted by Gasteiger charge is 2.15. The summed E-state index contributed by atoms with van der Waals surface area (Å²) < 4.78 is 0.962. The van der Waals surface area contributed by atoms with Crippen LogP contribution in [-0.2, 0) is 0 Å². The van der Waals surface area contributed by atoms with E-state index in [1.165, 1.54) is 4.90 Å². The number of aromatic nitrogens is 2. The van der Waals surface area contributed by atoms with Gasteiger partial charge in [-0.05, 0) is 47.2 Å². The van der Waals surface area contributed by atoms with Gasteiger partial charge in [-0.25, -0.2) is 9.97 Å². The number of thioether (sulfide) groups is 1. The monoisotopic (exact) mass is 365 g/mol. The minimum Gasteiger partial charge on any atom is -0.369 e. The molecule has 0 atom stereocenters. The number of benzene rings is 1. The fourth-order valence-corrected chi connectivity index (χ4v) is 3.18. The quantitative estimate of drug-likeness (QED) is 0.740. The molecular formula is C16H20BrN3S. The zero-order chi connectivity index (χ0) is 15.4. The first-order chi connectivity index (χ1) is 10.1. The zero-order valence-electron chi connectivity index (χ0n) is 12.8. The second-order valence-electron chi connectivity index (χ2n) is 5.01. The van der Waals surface area contributed by atoms with Crippen molar-refractivity contribution in [3.8, 4) is 11.4 Å². The maximum atomic E-state index is 4.74. The van der Waals surface area contributed by atoms with Crippen molar-refractivity contribution in [1.82, 2.24) is 9.97 Å². The largest absolute Gasteiger partial charge is 0.369 e. The Hall–Kier alpha value is -1.07. The van der Waals surface area contributed by atoms with Crippen molar-refractivity contribution in [2.45, 2.75) is 31.6 Å². The number of halogens is 1. The van der Waals surface area contributed by atoms with Gasteiger partial charge in [0.2, 0.25) is 0 Å². The molecule has 2 rings (SSSR count). The van der Waals surface area contributed by atoms with Gasteiger partial charge in [0.25, 0.3) is 0 Å². The normalized spacial score (nSPS) is 11.0. The summed E-state index contributed by atoms with van der Waals surface area (Å²) in [5, 5.41) is 3.30. The van der Waals surface area contributed by atoms with Gasteiger partial charge < -0.3 is 5.32 Å². The van der Waals surface area contributed by atoms with Crippen LogP contribution >= 0.6 is 27.7 Å². The molecule has 0 aliphatic carbocycles. The lowest BCUT2D eigenvalue weighted by Crippen LogP contribution is -2.07. The van der Waals surface area contributed by atoms with Gasteiger partial charge in [-0.1, -0.05) is 26.0 Å². The van der Waals surface area contributed by atoms with Gasteiger partial charge in [-0.15, -0.1) is 11.8 Å². The third-order valence-electron chi connectivity index (χ3n) is 3.12. The van der Waals surface area contributed by atoms with E-state index in [4.69, 9.17) is 4.98 Å². The van der Waals surface area contributed by atoms with Crippen molar-refractivity contribution in [3.05, 3.63) is 34.4 Å². The van der Waals surface area contributed by atoms with Crippen LogP contribution in [0.1, 0.15) is 32.4 Å². The van der Waals surface area contributed by atoms with E-state index in [0.29, 0.717) is 5.92 Å². The van der Waals surface area contributed by atoms with Crippen LogP contribution in [0.25, 0.3) is 11.4 Å². The Kier molecular flexibility index (Phi) is 5.65. The van der Waals surface area contributed by atoms with Crippen molar-refractivity contribution in [1.29, 1.82) is 0 Å². The Balaban J connectivity index is 2.51. The summed E-state index contributed by atoms with van der Waals surface area (Å²) in [5.41, 5.74) is 2.08. The second kappa shape index (κ2) is 7.27. The highest BCUT2D eigenvalue weighted by Crippen LogP contribution is 2.31. The summed E-state index contributed by atoms with van der Waals surface area (Å²) in [6.45, 7) is 7.18. The Morgan fingerprint density at radius 1 is 1.19 bits per heavy atom. The highest BCUT2D eigenvalue weighted by atomic mass is 79.9. The molecule has 1 aromatic carbocycles. The predicted molar refractivity (Wildman–Crippen MR) is 95.2 cm³/mol. The van der Waals surface area contributed by atoms with E-state index in [2.05, 4.69) is 77.5 Å². The lowest BCUT2D eigenvalue weighted by molar-refractivity contribution is 0.809. The van der Waals surface area contributed by atoms with E-state index < -0.39 is 0 Å². The topological polar surface area (TPSA) is 37.8 Å². The zero-order valence-corrected chi connectivity index (χ0v) is 15.2. The SMILES string of the molecule is CCNc1nc(-c2ccc(SC)cc2)nc(C(C)C)c1Br. The minimum absolute atomic E-state index is 0.337. The van der Waals surface area contributed by atoms with E-state index in [1.807, 2.05) is 0 Å². The van der Waals surface area contributed by atoms with Crippen molar-refractivity contribution in [2.75, 3.05) is 18.1 Å². The van der Waals surface area contributed by atoms with Gasteiger partial charge in [0.05, 0.1) is 10.2 Å². The molecule has 21 heavy (non-hydrogen) atoms. The number of nitrogens with one attached hydrogen (secondary N) is 1. The lowest BCUT2D eigenvalue weighted by Gasteiger charge is -2.14. The van der Waals surface area contributed by atoms with E-state index in [-0.39, 0.29) is 0 Å².